The second-order valence-corrected chi connectivity index (χ2v) is 12.7. The maximum absolute atomic E-state index is 5.52. The Morgan fingerprint density at radius 1 is 0.396 bits per heavy atom. The molecule has 9 rings (SSSR count). The number of H-pyrrole nitrogens is 3. The highest BCUT2D eigenvalue weighted by atomic mass is 16.5. The summed E-state index contributed by atoms with van der Waals surface area (Å²) < 4.78 is 16.5. The van der Waals surface area contributed by atoms with Crippen molar-refractivity contribution in [2.45, 2.75) is 0 Å². The lowest BCUT2D eigenvalue weighted by Crippen LogP contribution is -1.90. The molecule has 4 aromatic heterocycles. The third-order valence-electron chi connectivity index (χ3n) is 9.68. The standard InChI is InChI=1S/C44H34N6O3/c1-51-30-10-4-26(5-11-30)41-33-16-18-35(47-33)42(27-6-12-31(52-2)13-7-27)37-20-22-39(49-37)44(29-24-45-46-25-29)40-23-21-38(50-40)43(36-19-17-34(41)48-36)28-8-14-32(53-3)15-9-28/h4-25,47,50H,1-3H3,(H,45,46). The number of methoxy groups -OCH3 is 3. The van der Waals surface area contributed by atoms with Crippen LogP contribution in [0.2, 0.25) is 0 Å². The van der Waals surface area contributed by atoms with Crippen LogP contribution in [0.1, 0.15) is 22.8 Å². The summed E-state index contributed by atoms with van der Waals surface area (Å²) in [5.41, 5.74) is 14.6. The number of hydrogen-bond donors (Lipinski definition) is 3. The molecule has 0 saturated heterocycles. The molecular weight excluding hydrogens is 661 g/mol. The van der Waals surface area contributed by atoms with Crippen molar-refractivity contribution in [1.82, 2.24) is 30.1 Å². The number of aromatic nitrogens is 6. The van der Waals surface area contributed by atoms with E-state index in [1.54, 1.807) is 21.3 Å². The molecule has 0 spiro atoms. The second-order valence-electron chi connectivity index (χ2n) is 12.7. The van der Waals surface area contributed by atoms with E-state index in [1.165, 1.54) is 0 Å². The van der Waals surface area contributed by atoms with Crippen molar-refractivity contribution in [1.29, 1.82) is 0 Å². The van der Waals surface area contributed by atoms with Gasteiger partial charge in [0.1, 0.15) is 17.2 Å². The molecule has 0 atom stereocenters. The summed E-state index contributed by atoms with van der Waals surface area (Å²) in [5.74, 6) is 2.34. The summed E-state index contributed by atoms with van der Waals surface area (Å²) in [7, 11) is 5.02. The van der Waals surface area contributed by atoms with E-state index in [9.17, 15) is 0 Å². The second kappa shape index (κ2) is 13.2. The minimum atomic E-state index is 0.781. The van der Waals surface area contributed by atoms with Crippen LogP contribution in [0.4, 0.5) is 0 Å². The fraction of sp³-hybridized carbons (Fsp3) is 0.0682. The number of nitrogens with one attached hydrogen (secondary N) is 3. The van der Waals surface area contributed by atoms with Crippen LogP contribution >= 0.6 is 0 Å². The Kier molecular flexibility index (Phi) is 7.93. The van der Waals surface area contributed by atoms with Crippen LogP contribution in [0.3, 0.4) is 0 Å². The smallest absolute Gasteiger partial charge is 0.118 e. The molecule has 8 bridgehead atoms. The Bertz CT molecular complexity index is 2660. The SMILES string of the molecule is COc1ccc(-c2c3nc(c(-c4ccc(OC)cc4)c4ccc([nH]4)c(-c4cn[nH]c4)c4nc(c(-c5ccc(OC)cc5)c5ccc2[nH]5)C=C4)C=C3)cc1. The van der Waals surface area contributed by atoms with Crippen LogP contribution in [-0.4, -0.2) is 51.5 Å². The Balaban J connectivity index is 1.44. The van der Waals surface area contributed by atoms with Crippen molar-refractivity contribution >= 4 is 46.4 Å². The van der Waals surface area contributed by atoms with E-state index in [4.69, 9.17) is 24.2 Å². The zero-order chi connectivity index (χ0) is 35.9. The Hall–Kier alpha value is -7.13. The third-order valence-corrected chi connectivity index (χ3v) is 9.68. The molecular formula is C44H34N6O3. The minimum absolute atomic E-state index is 0.781. The van der Waals surface area contributed by atoms with Gasteiger partial charge in [0, 0.05) is 56.1 Å². The number of rotatable bonds is 7. The first kappa shape index (κ1) is 31.8. The zero-order valence-corrected chi connectivity index (χ0v) is 29.3. The predicted molar refractivity (Wildman–Crippen MR) is 212 cm³/mol. The number of benzene rings is 3. The molecule has 0 unspecified atom stereocenters. The van der Waals surface area contributed by atoms with Crippen LogP contribution in [0.25, 0.3) is 90.9 Å². The maximum atomic E-state index is 5.52. The van der Waals surface area contributed by atoms with E-state index in [1.807, 2.05) is 48.8 Å². The van der Waals surface area contributed by atoms with E-state index in [0.29, 0.717) is 0 Å². The molecule has 2 aliphatic rings. The molecule has 7 aromatic rings. The predicted octanol–water partition coefficient (Wildman–Crippen LogP) is 10.1. The van der Waals surface area contributed by atoms with Gasteiger partial charge in [-0.25, -0.2) is 9.97 Å². The summed E-state index contributed by atoms with van der Waals surface area (Å²) >= 11 is 0. The van der Waals surface area contributed by atoms with Gasteiger partial charge in [0.2, 0.25) is 0 Å². The van der Waals surface area contributed by atoms with Gasteiger partial charge in [0.25, 0.3) is 0 Å². The van der Waals surface area contributed by atoms with Crippen LogP contribution in [0.5, 0.6) is 17.2 Å². The molecule has 0 aliphatic carbocycles. The molecule has 9 heteroatoms. The first-order chi connectivity index (χ1) is 26.1. The van der Waals surface area contributed by atoms with Crippen LogP contribution in [-0.2, 0) is 0 Å². The molecule has 0 saturated carbocycles. The average molecular weight is 695 g/mol. The molecule has 6 heterocycles. The Morgan fingerprint density at radius 3 is 1.00 bits per heavy atom. The van der Waals surface area contributed by atoms with E-state index >= 15 is 0 Å². The Labute approximate surface area is 305 Å². The number of fused-ring (bicyclic) bond motifs is 8. The van der Waals surface area contributed by atoms with Gasteiger partial charge in [0.15, 0.2) is 0 Å². The lowest BCUT2D eigenvalue weighted by Gasteiger charge is -2.08. The summed E-state index contributed by atoms with van der Waals surface area (Å²) in [6.07, 6.45) is 12.0. The largest absolute Gasteiger partial charge is 0.497 e. The molecule has 9 nitrogen and oxygen atoms in total. The van der Waals surface area contributed by atoms with Crippen molar-refractivity contribution < 1.29 is 14.2 Å². The monoisotopic (exact) mass is 694 g/mol. The third kappa shape index (κ3) is 5.74. The van der Waals surface area contributed by atoms with Gasteiger partial charge in [-0.05, 0) is 102 Å². The molecule has 3 aromatic carbocycles. The van der Waals surface area contributed by atoms with E-state index in [0.717, 1.165) is 107 Å². The van der Waals surface area contributed by atoms with Gasteiger partial charge in [0.05, 0.1) is 50.3 Å². The van der Waals surface area contributed by atoms with E-state index in [2.05, 4.69) is 105 Å². The quantitative estimate of drug-likeness (QED) is 0.153. The molecule has 0 amide bonds. The summed E-state index contributed by atoms with van der Waals surface area (Å²) in [5, 5.41) is 7.29. The number of ether oxygens (including phenoxy) is 3. The van der Waals surface area contributed by atoms with E-state index in [-0.39, 0.29) is 0 Å². The van der Waals surface area contributed by atoms with Gasteiger partial charge in [-0.3, -0.25) is 5.10 Å². The first-order valence-corrected chi connectivity index (χ1v) is 17.2. The lowest BCUT2D eigenvalue weighted by atomic mass is 10.0. The first-order valence-electron chi connectivity index (χ1n) is 17.2. The van der Waals surface area contributed by atoms with Gasteiger partial charge >= 0.3 is 0 Å². The highest BCUT2D eigenvalue weighted by Gasteiger charge is 2.19. The van der Waals surface area contributed by atoms with Gasteiger partial charge < -0.3 is 24.2 Å². The highest BCUT2D eigenvalue weighted by Crippen LogP contribution is 2.39. The van der Waals surface area contributed by atoms with Crippen molar-refractivity contribution in [3.8, 4) is 61.8 Å². The summed E-state index contributed by atoms with van der Waals surface area (Å²) in [4.78, 5) is 18.2. The number of aromatic amines is 3. The highest BCUT2D eigenvalue weighted by molar-refractivity contribution is 5.99. The molecule has 53 heavy (non-hydrogen) atoms. The zero-order valence-electron chi connectivity index (χ0n) is 29.3. The fourth-order valence-electron chi connectivity index (χ4n) is 7.08. The van der Waals surface area contributed by atoms with Crippen molar-refractivity contribution in [2.24, 2.45) is 0 Å². The molecule has 258 valence electrons. The summed E-state index contributed by atoms with van der Waals surface area (Å²) in [6.45, 7) is 0. The van der Waals surface area contributed by atoms with Crippen LogP contribution in [0, 0.1) is 0 Å². The molecule has 2 aliphatic heterocycles. The number of hydrogen-bond acceptors (Lipinski definition) is 6. The maximum Gasteiger partial charge on any atom is 0.118 e. The summed E-state index contributed by atoms with van der Waals surface area (Å²) in [6, 6.07) is 32.7. The van der Waals surface area contributed by atoms with Gasteiger partial charge in [-0.2, -0.15) is 5.10 Å². The van der Waals surface area contributed by atoms with Gasteiger partial charge in [-0.15, -0.1) is 0 Å². The van der Waals surface area contributed by atoms with Crippen LogP contribution < -0.4 is 14.2 Å². The molecule has 0 radical (unpaired) electrons. The average Bonchev–Trinajstić information content (AvgIpc) is 4.06. The van der Waals surface area contributed by atoms with Gasteiger partial charge in [-0.1, -0.05) is 36.4 Å². The van der Waals surface area contributed by atoms with E-state index < -0.39 is 0 Å². The van der Waals surface area contributed by atoms with Crippen molar-refractivity contribution in [3.05, 3.63) is 132 Å². The van der Waals surface area contributed by atoms with Crippen LogP contribution in [0.15, 0.2) is 109 Å². The Morgan fingerprint density at radius 2 is 0.717 bits per heavy atom. The topological polar surface area (TPSA) is 114 Å². The fourth-order valence-corrected chi connectivity index (χ4v) is 7.08. The minimum Gasteiger partial charge on any atom is -0.497 e. The normalized spacial score (nSPS) is 11.9. The molecule has 3 N–H and O–H groups in total. The van der Waals surface area contributed by atoms with Crippen molar-refractivity contribution in [3.63, 3.8) is 0 Å². The van der Waals surface area contributed by atoms with Crippen molar-refractivity contribution in [2.75, 3.05) is 21.3 Å². The lowest BCUT2D eigenvalue weighted by molar-refractivity contribution is 0.415. The molecule has 0 fully saturated rings. The number of nitrogens with zero attached hydrogens (tertiary/aromatic N) is 3.